The molecule has 0 radical (unpaired) electrons. The molecule has 158 valence electrons. The second-order valence-corrected chi connectivity index (χ2v) is 9.62. The molecular formula is C20H30O6S2. The predicted octanol–water partition coefficient (Wildman–Crippen LogP) is 3.54. The van der Waals surface area contributed by atoms with Crippen molar-refractivity contribution in [3.63, 3.8) is 0 Å². The average Bonchev–Trinajstić information content (AvgIpc) is 3.13. The summed E-state index contributed by atoms with van der Waals surface area (Å²) in [6, 6.07) is 0. The van der Waals surface area contributed by atoms with Crippen molar-refractivity contribution in [3.05, 3.63) is 36.1 Å². The maximum atomic E-state index is 11.7. The van der Waals surface area contributed by atoms with Gasteiger partial charge in [0, 0.05) is 27.1 Å². The summed E-state index contributed by atoms with van der Waals surface area (Å²) < 4.78 is 27.2. The van der Waals surface area contributed by atoms with E-state index >= 15 is 0 Å². The Balaban J connectivity index is 2.30. The zero-order valence-corrected chi connectivity index (χ0v) is 18.5. The lowest BCUT2D eigenvalue weighted by Gasteiger charge is -2.42. The Morgan fingerprint density at radius 2 is 1.96 bits per heavy atom. The van der Waals surface area contributed by atoms with Gasteiger partial charge in [-0.1, -0.05) is 13.2 Å². The third-order valence-electron chi connectivity index (χ3n) is 4.66. The van der Waals surface area contributed by atoms with Crippen molar-refractivity contribution in [2.75, 3.05) is 46.0 Å². The van der Waals surface area contributed by atoms with E-state index in [0.717, 1.165) is 29.9 Å². The predicted molar refractivity (Wildman–Crippen MR) is 113 cm³/mol. The first-order valence-corrected chi connectivity index (χ1v) is 11.2. The first kappa shape index (κ1) is 23.3. The molecular weight excluding hydrogens is 400 g/mol. The van der Waals surface area contributed by atoms with Gasteiger partial charge in [0.2, 0.25) is 0 Å². The van der Waals surface area contributed by atoms with Gasteiger partial charge in [-0.05, 0) is 29.6 Å². The van der Waals surface area contributed by atoms with Crippen LogP contribution in [0.25, 0.3) is 0 Å². The van der Waals surface area contributed by atoms with Crippen molar-refractivity contribution in [1.82, 2.24) is 0 Å². The molecule has 2 fully saturated rings. The van der Waals surface area contributed by atoms with E-state index in [9.17, 15) is 4.79 Å². The summed E-state index contributed by atoms with van der Waals surface area (Å²) in [5.41, 5.74) is 1.31. The number of hydrogen-bond acceptors (Lipinski definition) is 8. The summed E-state index contributed by atoms with van der Waals surface area (Å²) >= 11 is 3.69. The lowest BCUT2D eigenvalue weighted by atomic mass is 10.1. The highest BCUT2D eigenvalue weighted by atomic mass is 32.2. The van der Waals surface area contributed by atoms with Crippen molar-refractivity contribution in [1.29, 1.82) is 0 Å². The molecule has 2 aliphatic heterocycles. The largest absolute Gasteiger partial charge is 0.494 e. The van der Waals surface area contributed by atoms with Crippen LogP contribution in [-0.4, -0.2) is 68.5 Å². The zero-order chi connectivity index (χ0) is 20.6. The number of esters is 1. The second-order valence-electron chi connectivity index (χ2n) is 6.51. The maximum Gasteiger partial charge on any atom is 0.335 e. The molecule has 1 atom stereocenters. The summed E-state index contributed by atoms with van der Waals surface area (Å²) in [4.78, 5) is 11.7. The Morgan fingerprint density at radius 3 is 2.50 bits per heavy atom. The number of rotatable bonds is 10. The number of hydrogen-bond donors (Lipinski definition) is 0. The minimum atomic E-state index is -0.468. The third-order valence-corrected chi connectivity index (χ3v) is 8.13. The number of allylic oxidation sites excluding steroid dienone is 1. The van der Waals surface area contributed by atoms with Crippen molar-refractivity contribution >= 4 is 29.5 Å². The summed E-state index contributed by atoms with van der Waals surface area (Å²) in [6.07, 6.45) is 3.99. The molecule has 0 bridgehead atoms. The molecule has 0 N–H and O–H groups in total. The number of carbonyl (C=O) groups excluding carboxylic acids is 1. The number of ether oxygens (including phenoxy) is 5. The van der Waals surface area contributed by atoms with Crippen molar-refractivity contribution in [3.8, 4) is 0 Å². The fraction of sp³-hybridized carbons (Fsp3) is 0.650. The molecule has 0 aromatic heterocycles. The Kier molecular flexibility index (Phi) is 9.43. The lowest BCUT2D eigenvalue weighted by Crippen LogP contribution is -2.43. The van der Waals surface area contributed by atoms with Crippen LogP contribution in [0, 0.1) is 0 Å². The van der Waals surface area contributed by atoms with Crippen molar-refractivity contribution in [2.45, 2.75) is 35.7 Å². The van der Waals surface area contributed by atoms with Crippen LogP contribution >= 0.6 is 23.5 Å². The molecule has 2 heterocycles. The van der Waals surface area contributed by atoms with Gasteiger partial charge in [0.1, 0.15) is 11.9 Å². The van der Waals surface area contributed by atoms with Crippen LogP contribution in [0.15, 0.2) is 36.1 Å². The standard InChI is InChI=1S/C20H30O6S2/c1-14(19(21)24-5)13-26-17(11-16-7-8-25-15(16)2)20(12-18(22-3)23-4)27-9-6-10-28-20/h11,17-18H,1-2,6-10,12-13H2,3-5H3/b16-11+. The van der Waals surface area contributed by atoms with Gasteiger partial charge in [0.15, 0.2) is 6.29 Å². The van der Waals surface area contributed by atoms with Gasteiger partial charge < -0.3 is 23.7 Å². The number of thioether (sulfide) groups is 2. The zero-order valence-electron chi connectivity index (χ0n) is 16.9. The van der Waals surface area contributed by atoms with Crippen molar-refractivity contribution < 1.29 is 28.5 Å². The van der Waals surface area contributed by atoms with Crippen LogP contribution in [0.3, 0.4) is 0 Å². The molecule has 1 unspecified atom stereocenters. The Labute approximate surface area is 176 Å². The summed E-state index contributed by atoms with van der Waals surface area (Å²) in [5, 5.41) is 0. The van der Waals surface area contributed by atoms with Crippen LogP contribution in [0.5, 0.6) is 0 Å². The smallest absolute Gasteiger partial charge is 0.335 e. The fourth-order valence-corrected chi connectivity index (χ4v) is 6.45. The topological polar surface area (TPSA) is 63.2 Å². The molecule has 2 saturated heterocycles. The Hall–Kier alpha value is -0.930. The van der Waals surface area contributed by atoms with E-state index in [4.69, 9.17) is 23.7 Å². The molecule has 0 saturated carbocycles. The molecule has 2 rings (SSSR count). The summed E-state index contributed by atoms with van der Waals surface area (Å²) in [7, 11) is 4.61. The summed E-state index contributed by atoms with van der Waals surface area (Å²) in [5.74, 6) is 2.25. The van der Waals surface area contributed by atoms with E-state index in [0.29, 0.717) is 18.8 Å². The molecule has 2 aliphatic rings. The molecule has 28 heavy (non-hydrogen) atoms. The second kappa shape index (κ2) is 11.3. The van der Waals surface area contributed by atoms with E-state index in [1.54, 1.807) is 14.2 Å². The molecule has 0 aromatic carbocycles. The lowest BCUT2D eigenvalue weighted by molar-refractivity contribution is -0.137. The van der Waals surface area contributed by atoms with E-state index in [2.05, 4.69) is 19.2 Å². The van der Waals surface area contributed by atoms with E-state index in [1.807, 2.05) is 23.5 Å². The first-order chi connectivity index (χ1) is 13.5. The normalized spacial score (nSPS) is 21.6. The molecule has 0 amide bonds. The van der Waals surface area contributed by atoms with Gasteiger partial charge in [-0.15, -0.1) is 23.5 Å². The third kappa shape index (κ3) is 6.03. The number of carbonyl (C=O) groups is 1. The average molecular weight is 431 g/mol. The van der Waals surface area contributed by atoms with Crippen LogP contribution in [-0.2, 0) is 28.5 Å². The van der Waals surface area contributed by atoms with Crippen LogP contribution in [0.4, 0.5) is 0 Å². The van der Waals surface area contributed by atoms with Crippen LogP contribution in [0.1, 0.15) is 19.3 Å². The van der Waals surface area contributed by atoms with Crippen LogP contribution < -0.4 is 0 Å². The fourth-order valence-electron chi connectivity index (χ4n) is 3.05. The maximum absolute atomic E-state index is 11.7. The van der Waals surface area contributed by atoms with E-state index in [-0.39, 0.29) is 28.7 Å². The highest BCUT2D eigenvalue weighted by Gasteiger charge is 2.44. The van der Waals surface area contributed by atoms with Gasteiger partial charge in [0.05, 0.1) is 30.0 Å². The quantitative estimate of drug-likeness (QED) is 0.296. The molecule has 8 heteroatoms. The van der Waals surface area contributed by atoms with Gasteiger partial charge in [-0.3, -0.25) is 0 Å². The van der Waals surface area contributed by atoms with E-state index < -0.39 is 5.97 Å². The molecule has 0 aliphatic carbocycles. The highest BCUT2D eigenvalue weighted by molar-refractivity contribution is 8.18. The summed E-state index contributed by atoms with van der Waals surface area (Å²) in [6.45, 7) is 8.47. The first-order valence-electron chi connectivity index (χ1n) is 9.19. The Morgan fingerprint density at radius 1 is 1.29 bits per heavy atom. The minimum Gasteiger partial charge on any atom is -0.494 e. The van der Waals surface area contributed by atoms with Gasteiger partial charge in [0.25, 0.3) is 0 Å². The van der Waals surface area contributed by atoms with Gasteiger partial charge in [-0.25, -0.2) is 4.79 Å². The van der Waals surface area contributed by atoms with Gasteiger partial charge in [-0.2, -0.15) is 0 Å². The molecule has 6 nitrogen and oxygen atoms in total. The monoisotopic (exact) mass is 430 g/mol. The highest BCUT2D eigenvalue weighted by Crippen LogP contribution is 2.50. The number of methoxy groups -OCH3 is 3. The van der Waals surface area contributed by atoms with Crippen LogP contribution in [0.2, 0.25) is 0 Å². The molecule has 0 aromatic rings. The minimum absolute atomic E-state index is 0.0853. The SMILES string of the molecule is C=C(COC(/C=C1\CCOC1=C)C1(CC(OC)OC)SCCCS1)C(=O)OC. The van der Waals surface area contributed by atoms with Gasteiger partial charge >= 0.3 is 5.97 Å². The van der Waals surface area contributed by atoms with Crippen molar-refractivity contribution in [2.24, 2.45) is 0 Å². The van der Waals surface area contributed by atoms with E-state index in [1.165, 1.54) is 7.11 Å². The molecule has 0 spiro atoms. The Bertz CT molecular complexity index is 594.